The number of halogens is 1. The number of aliphatic hydroxyl groups is 2. The van der Waals surface area contributed by atoms with E-state index in [1.165, 1.54) is 0 Å². The summed E-state index contributed by atoms with van der Waals surface area (Å²) >= 11 is 2.71. The first-order valence-corrected chi connectivity index (χ1v) is 21.2. The molecule has 0 spiro atoms. The number of ether oxygens (including phenoxy) is 12. The zero-order chi connectivity index (χ0) is 47.6. The van der Waals surface area contributed by atoms with Crippen molar-refractivity contribution in [3.8, 4) is 0 Å². The number of aliphatic carboxylic acids is 2. The average Bonchev–Trinajstić information content (AvgIpc) is 3.18. The predicted molar refractivity (Wildman–Crippen MR) is 229 cm³/mol. The molecule has 8 N–H and O–H groups in total. The number of alkyl halides is 1. The average molecular weight is 977 g/mol. The van der Waals surface area contributed by atoms with E-state index in [0.29, 0.717) is 139 Å². The van der Waals surface area contributed by atoms with Crippen LogP contribution in [0.1, 0.15) is 41.5 Å². The Balaban J connectivity index is -0.000000398. The number of hydrogen-bond acceptors (Lipinski definition) is 19. The number of carbonyl (C=O) groups excluding carboxylic acids is 2. The topological polar surface area (TPSA) is 310 Å². The molecule has 0 unspecified atom stereocenters. The van der Waals surface area contributed by atoms with Gasteiger partial charge in [0.2, 0.25) is 0 Å². The molecular weight excluding hydrogens is 898 g/mol. The summed E-state index contributed by atoms with van der Waals surface area (Å²) in [5, 5.41) is 38.1. The van der Waals surface area contributed by atoms with Crippen LogP contribution in [0.25, 0.3) is 0 Å². The summed E-state index contributed by atoms with van der Waals surface area (Å²) < 4.78 is 61.4. The van der Waals surface area contributed by atoms with Gasteiger partial charge in [-0.2, -0.15) is 0 Å². The van der Waals surface area contributed by atoms with Crippen LogP contribution in [0, 0.1) is 0 Å². The summed E-state index contributed by atoms with van der Waals surface area (Å²) in [4.78, 5) is 42.1. The standard InChI is InChI=1S/C15H29NO8.C13H27NO6.C8H19NO4.C2H3BrO2/c1-15(2,3)24-14(19)16-4-5-20-6-7-21-8-9-22-10-11-23-12-13(17)18;1-13(2,3)20-12(16)14-4-6-17-8-10-19-11-9-18-7-5-15;9-1-3-11-5-7-13-8-6-12-4-2-10;3-1-2(4)5/h4-12H2,1-3H3,(H,16,19)(H,17,18);15H,4-11H2,1-3H3,(H,14,16);10H,1-9H2;1H2,(H,4,5). The van der Waals surface area contributed by atoms with Gasteiger partial charge in [0.1, 0.15) is 23.1 Å². The molecule has 0 aromatic rings. The van der Waals surface area contributed by atoms with Gasteiger partial charge in [0.25, 0.3) is 0 Å². The minimum absolute atomic E-state index is 0.0216. The van der Waals surface area contributed by atoms with Crippen molar-refractivity contribution in [3.63, 3.8) is 0 Å². The molecule has 2 amide bonds. The lowest BCUT2D eigenvalue weighted by Crippen LogP contribution is -2.34. The highest BCUT2D eigenvalue weighted by Gasteiger charge is 2.16. The van der Waals surface area contributed by atoms with E-state index in [0.717, 1.165) is 0 Å². The van der Waals surface area contributed by atoms with Crippen molar-refractivity contribution in [2.75, 3.05) is 170 Å². The van der Waals surface area contributed by atoms with E-state index >= 15 is 0 Å². The molecule has 0 aromatic heterocycles. The number of carbonyl (C=O) groups is 4. The number of nitrogens with one attached hydrogen (secondary N) is 2. The molecule has 0 radical (unpaired) electrons. The maximum atomic E-state index is 11.3. The minimum atomic E-state index is -1.00. The molecule has 0 rings (SSSR count). The van der Waals surface area contributed by atoms with Crippen molar-refractivity contribution in [2.24, 2.45) is 5.73 Å². The fourth-order valence-corrected chi connectivity index (χ4v) is 3.19. The lowest BCUT2D eigenvalue weighted by atomic mass is 10.2. The molecule has 0 aliphatic rings. The van der Waals surface area contributed by atoms with E-state index in [9.17, 15) is 19.2 Å². The highest BCUT2D eigenvalue weighted by atomic mass is 79.9. The third kappa shape index (κ3) is 74.9. The SMILES string of the molecule is CC(C)(C)OC(=O)NCCOCCOCCOCCO.CC(C)(C)OC(=O)NCCOCCOCCOCCOCC(=O)O.NCCOCCOCCOCCO.O=C(O)CBr. The van der Waals surface area contributed by atoms with Crippen LogP contribution < -0.4 is 16.4 Å². The summed E-state index contributed by atoms with van der Waals surface area (Å²) in [6.07, 6.45) is -0.912. The van der Waals surface area contributed by atoms with Crippen molar-refractivity contribution >= 4 is 40.1 Å². The number of rotatable bonds is 36. The lowest BCUT2D eigenvalue weighted by molar-refractivity contribution is -0.142. The molecule has 24 heteroatoms. The number of aliphatic hydroxyl groups excluding tert-OH is 2. The van der Waals surface area contributed by atoms with Gasteiger partial charge in [-0.15, -0.1) is 0 Å². The normalized spacial score (nSPS) is 10.9. The van der Waals surface area contributed by atoms with Crippen LogP contribution >= 0.6 is 15.9 Å². The molecule has 62 heavy (non-hydrogen) atoms. The van der Waals surface area contributed by atoms with Crippen LogP contribution in [-0.4, -0.2) is 226 Å². The zero-order valence-electron chi connectivity index (χ0n) is 37.7. The van der Waals surface area contributed by atoms with Crippen LogP contribution in [0.3, 0.4) is 0 Å². The molecule has 0 aromatic carbocycles. The van der Waals surface area contributed by atoms with Crippen LogP contribution in [0.5, 0.6) is 0 Å². The Labute approximate surface area is 375 Å². The maximum Gasteiger partial charge on any atom is 0.407 e. The van der Waals surface area contributed by atoms with Gasteiger partial charge in [-0.1, -0.05) is 15.9 Å². The highest BCUT2D eigenvalue weighted by molar-refractivity contribution is 9.09. The molecule has 23 nitrogen and oxygen atoms in total. The fourth-order valence-electron chi connectivity index (χ4n) is 3.19. The molecule has 0 fully saturated rings. The van der Waals surface area contributed by atoms with Gasteiger partial charge in [0.05, 0.1) is 139 Å². The maximum absolute atomic E-state index is 11.3. The van der Waals surface area contributed by atoms with Crippen LogP contribution in [0.4, 0.5) is 9.59 Å². The minimum Gasteiger partial charge on any atom is -0.481 e. The molecule has 0 aliphatic carbocycles. The van der Waals surface area contributed by atoms with Crippen LogP contribution in [0.15, 0.2) is 0 Å². The van der Waals surface area contributed by atoms with Crippen molar-refractivity contribution in [2.45, 2.75) is 52.7 Å². The molecule has 372 valence electrons. The molecule has 0 atom stereocenters. The van der Waals surface area contributed by atoms with Gasteiger partial charge < -0.3 is 93.6 Å². The Morgan fingerprint density at radius 3 is 0.952 bits per heavy atom. The fraction of sp³-hybridized carbons (Fsp3) is 0.895. The first-order chi connectivity index (χ1) is 29.4. The Kier molecular flexibility index (Phi) is 54.4. The van der Waals surface area contributed by atoms with Crippen LogP contribution in [0.2, 0.25) is 0 Å². The molecule has 0 bridgehead atoms. The third-order valence-electron chi connectivity index (χ3n) is 5.51. The zero-order valence-corrected chi connectivity index (χ0v) is 39.2. The Bertz CT molecular complexity index is 983. The summed E-state index contributed by atoms with van der Waals surface area (Å²) in [6, 6.07) is 0. The molecule has 0 heterocycles. The van der Waals surface area contributed by atoms with E-state index in [2.05, 4.69) is 26.6 Å². The van der Waals surface area contributed by atoms with Crippen molar-refractivity contribution in [1.82, 2.24) is 10.6 Å². The van der Waals surface area contributed by atoms with Crippen LogP contribution in [-0.2, 0) is 66.4 Å². The first kappa shape index (κ1) is 66.0. The van der Waals surface area contributed by atoms with E-state index in [1.807, 2.05) is 20.8 Å². The molecule has 0 aliphatic heterocycles. The van der Waals surface area contributed by atoms with E-state index in [-0.39, 0.29) is 31.8 Å². The monoisotopic (exact) mass is 975 g/mol. The number of amides is 2. The molecule has 0 saturated carbocycles. The quantitative estimate of drug-likeness (QED) is 0.0335. The first-order valence-electron chi connectivity index (χ1n) is 20.1. The van der Waals surface area contributed by atoms with E-state index < -0.39 is 35.3 Å². The van der Waals surface area contributed by atoms with Gasteiger partial charge in [0, 0.05) is 19.6 Å². The number of hydrogen-bond donors (Lipinski definition) is 7. The second kappa shape index (κ2) is 51.1. The van der Waals surface area contributed by atoms with Gasteiger partial charge in [0.15, 0.2) is 0 Å². The second-order valence-electron chi connectivity index (χ2n) is 13.6. The van der Waals surface area contributed by atoms with E-state index in [1.54, 1.807) is 20.8 Å². The number of carboxylic acids is 2. The van der Waals surface area contributed by atoms with Crippen molar-refractivity contribution in [1.29, 1.82) is 0 Å². The number of carboxylic acid groups (broad SMARTS) is 2. The lowest BCUT2D eigenvalue weighted by Gasteiger charge is -2.19. The van der Waals surface area contributed by atoms with Crippen molar-refractivity contribution in [3.05, 3.63) is 0 Å². The number of alkyl carbamates (subject to hydrolysis) is 2. The van der Waals surface area contributed by atoms with Gasteiger partial charge >= 0.3 is 24.1 Å². The Hall–Kier alpha value is -2.56. The summed E-state index contributed by atoms with van der Waals surface area (Å²) in [5.41, 5.74) is 4.21. The van der Waals surface area contributed by atoms with Crippen molar-refractivity contribution < 1.29 is 96.4 Å². The molecule has 0 saturated heterocycles. The number of nitrogens with two attached hydrogens (primary N) is 1. The summed E-state index contributed by atoms with van der Waals surface area (Å²) in [5.74, 6) is -1.83. The highest BCUT2D eigenvalue weighted by Crippen LogP contribution is 2.06. The summed E-state index contributed by atoms with van der Waals surface area (Å²) in [7, 11) is 0. The second-order valence-corrected chi connectivity index (χ2v) is 14.1. The van der Waals surface area contributed by atoms with Gasteiger partial charge in [-0.05, 0) is 41.5 Å². The van der Waals surface area contributed by atoms with Gasteiger partial charge in [-0.25, -0.2) is 14.4 Å². The molecular formula is C38H78BrN3O20. The Morgan fingerprint density at radius 2 is 0.710 bits per heavy atom. The Morgan fingerprint density at radius 1 is 0.452 bits per heavy atom. The smallest absolute Gasteiger partial charge is 0.407 e. The van der Waals surface area contributed by atoms with Gasteiger partial charge in [-0.3, -0.25) is 4.79 Å². The largest absolute Gasteiger partial charge is 0.481 e. The summed E-state index contributed by atoms with van der Waals surface area (Å²) in [6.45, 7) is 20.2. The predicted octanol–water partition coefficient (Wildman–Crippen LogP) is 0.668. The van der Waals surface area contributed by atoms with E-state index in [4.69, 9.17) is 83.0 Å². The third-order valence-corrected chi connectivity index (χ3v) is 5.99.